The number of pyridine rings is 1. The van der Waals surface area contributed by atoms with Crippen LogP contribution in [0.25, 0.3) is 68.9 Å². The van der Waals surface area contributed by atoms with E-state index in [0.29, 0.717) is 0 Å². The highest BCUT2D eigenvalue weighted by molar-refractivity contribution is 7.25. The minimum Gasteiger partial charge on any atom is -0.315 e. The number of rotatable bonds is 0. The van der Waals surface area contributed by atoms with Gasteiger partial charge >= 0.3 is 0 Å². The molecule has 5 aromatic carbocycles. The summed E-state index contributed by atoms with van der Waals surface area (Å²) in [7, 11) is 0. The number of hydrogen-bond acceptors (Lipinski definition) is 1. The lowest BCUT2D eigenvalue weighted by atomic mass is 9.96. The van der Waals surface area contributed by atoms with Crippen LogP contribution < -0.4 is 0 Å². The summed E-state index contributed by atoms with van der Waals surface area (Å²) in [6, 6.07) is 35.7. The van der Waals surface area contributed by atoms with E-state index in [9.17, 15) is 0 Å². The van der Waals surface area contributed by atoms with Crippen molar-refractivity contribution < 1.29 is 0 Å². The van der Waals surface area contributed by atoms with Gasteiger partial charge in [0.15, 0.2) is 0 Å². The van der Waals surface area contributed by atoms with Gasteiger partial charge in [0.05, 0.1) is 11.0 Å². The highest BCUT2D eigenvalue weighted by atomic mass is 32.1. The second-order valence-corrected chi connectivity index (χ2v) is 9.69. The minimum atomic E-state index is 1.28. The van der Waals surface area contributed by atoms with Crippen LogP contribution in [0.15, 0.2) is 103 Å². The molecular formula is C30H17NS. The maximum Gasteiger partial charge on any atom is 0.0613 e. The number of thiophene rings is 1. The van der Waals surface area contributed by atoms with E-state index in [4.69, 9.17) is 0 Å². The Morgan fingerprint density at radius 1 is 0.500 bits per heavy atom. The molecule has 0 radical (unpaired) electrons. The molecule has 0 saturated carbocycles. The Morgan fingerprint density at radius 3 is 2.16 bits per heavy atom. The van der Waals surface area contributed by atoms with Gasteiger partial charge in [0.2, 0.25) is 0 Å². The first-order valence-electron chi connectivity index (χ1n) is 10.9. The number of fused-ring (bicyclic) bond motifs is 13. The Bertz CT molecular complexity index is 2040. The first-order chi connectivity index (χ1) is 15.9. The van der Waals surface area contributed by atoms with E-state index in [1.54, 1.807) is 0 Å². The third-order valence-corrected chi connectivity index (χ3v) is 8.07. The molecule has 0 amide bonds. The summed E-state index contributed by atoms with van der Waals surface area (Å²) >= 11 is 1.89. The van der Waals surface area contributed by atoms with Crippen molar-refractivity contribution in [2.24, 2.45) is 0 Å². The standard InChI is InChI=1S/C30H17NS/c1-3-9-20-18(7-1)13-14-23-29(20)25-15-24-22-11-5-6-12-27(22)32-28(24)16-26(25)31-17-19-8-2-4-10-21(19)30(23)31/h1-17H. The summed E-state index contributed by atoms with van der Waals surface area (Å²) < 4.78 is 5.11. The summed E-state index contributed by atoms with van der Waals surface area (Å²) in [5, 5.41) is 11.9. The van der Waals surface area contributed by atoms with Crippen LogP contribution in [0.4, 0.5) is 0 Å². The Balaban J connectivity index is 1.75. The maximum absolute atomic E-state index is 2.43. The molecule has 0 fully saturated rings. The monoisotopic (exact) mass is 423 g/mol. The van der Waals surface area contributed by atoms with Gasteiger partial charge in [-0.3, -0.25) is 0 Å². The average Bonchev–Trinajstić information content (AvgIpc) is 3.41. The van der Waals surface area contributed by atoms with Gasteiger partial charge in [0, 0.05) is 53.3 Å². The largest absolute Gasteiger partial charge is 0.315 e. The minimum absolute atomic E-state index is 1.28. The molecule has 2 heteroatoms. The fraction of sp³-hybridized carbons (Fsp3) is 0. The molecule has 3 aromatic heterocycles. The maximum atomic E-state index is 2.43. The number of hydrogen-bond donors (Lipinski definition) is 0. The Hall–Kier alpha value is -3.88. The quantitative estimate of drug-likeness (QED) is 0.214. The number of aromatic nitrogens is 1. The van der Waals surface area contributed by atoms with E-state index in [1.807, 2.05) is 11.3 Å². The van der Waals surface area contributed by atoms with Crippen molar-refractivity contribution in [2.45, 2.75) is 0 Å². The van der Waals surface area contributed by atoms with Crippen LogP contribution in [0.3, 0.4) is 0 Å². The lowest BCUT2D eigenvalue weighted by Gasteiger charge is -2.13. The number of nitrogens with zero attached hydrogens (tertiary/aromatic N) is 1. The van der Waals surface area contributed by atoms with E-state index in [0.717, 1.165) is 0 Å². The number of benzene rings is 5. The van der Waals surface area contributed by atoms with Crippen molar-refractivity contribution in [3.8, 4) is 0 Å². The van der Waals surface area contributed by atoms with Crippen LogP contribution in [0, 0.1) is 0 Å². The van der Waals surface area contributed by atoms with Crippen LogP contribution in [-0.4, -0.2) is 4.40 Å². The Morgan fingerprint density at radius 2 is 1.25 bits per heavy atom. The lowest BCUT2D eigenvalue weighted by molar-refractivity contribution is 1.30. The van der Waals surface area contributed by atoms with E-state index >= 15 is 0 Å². The van der Waals surface area contributed by atoms with Crippen molar-refractivity contribution in [2.75, 3.05) is 0 Å². The van der Waals surface area contributed by atoms with Crippen molar-refractivity contribution in [3.63, 3.8) is 0 Å². The highest BCUT2D eigenvalue weighted by Gasteiger charge is 2.16. The molecule has 0 spiro atoms. The summed E-state index contributed by atoms with van der Waals surface area (Å²) in [6.07, 6.45) is 2.31. The van der Waals surface area contributed by atoms with Gasteiger partial charge in [-0.1, -0.05) is 78.9 Å². The van der Waals surface area contributed by atoms with E-state index in [2.05, 4.69) is 108 Å². The van der Waals surface area contributed by atoms with Gasteiger partial charge in [-0.25, -0.2) is 0 Å². The average molecular weight is 424 g/mol. The molecule has 0 saturated heterocycles. The highest BCUT2D eigenvalue weighted by Crippen LogP contribution is 2.42. The summed E-state index contributed by atoms with van der Waals surface area (Å²) in [4.78, 5) is 0. The third kappa shape index (κ3) is 2.03. The molecule has 0 aliphatic rings. The molecule has 0 atom stereocenters. The van der Waals surface area contributed by atoms with Crippen LogP contribution in [0.5, 0.6) is 0 Å². The Kier molecular flexibility index (Phi) is 3.08. The molecule has 0 aliphatic carbocycles. The molecule has 148 valence electrons. The van der Waals surface area contributed by atoms with Crippen molar-refractivity contribution in [1.82, 2.24) is 4.40 Å². The zero-order valence-corrected chi connectivity index (χ0v) is 18.0. The van der Waals surface area contributed by atoms with Gasteiger partial charge < -0.3 is 4.40 Å². The molecule has 1 nitrogen and oxygen atoms in total. The topological polar surface area (TPSA) is 4.41 Å². The third-order valence-electron chi connectivity index (χ3n) is 6.93. The fourth-order valence-corrected chi connectivity index (χ4v) is 6.66. The molecular weight excluding hydrogens is 406 g/mol. The van der Waals surface area contributed by atoms with Gasteiger partial charge in [0.1, 0.15) is 0 Å². The summed E-state index contributed by atoms with van der Waals surface area (Å²) in [6.45, 7) is 0. The fourth-order valence-electron chi connectivity index (χ4n) is 5.54. The predicted molar refractivity (Wildman–Crippen MR) is 140 cm³/mol. The first kappa shape index (κ1) is 16.8. The summed E-state index contributed by atoms with van der Waals surface area (Å²) in [5.41, 5.74) is 2.58. The SMILES string of the molecule is c1ccc2c(c1)ccc1c2c2cc3c(cc2n2cc4ccccc4c12)sc1ccccc13. The molecule has 8 rings (SSSR count). The molecule has 0 N–H and O–H groups in total. The zero-order chi connectivity index (χ0) is 20.8. The van der Waals surface area contributed by atoms with Gasteiger partial charge in [-0.15, -0.1) is 11.3 Å². The molecule has 0 bridgehead atoms. The van der Waals surface area contributed by atoms with Crippen LogP contribution >= 0.6 is 11.3 Å². The van der Waals surface area contributed by atoms with E-state index in [-0.39, 0.29) is 0 Å². The molecule has 0 unspecified atom stereocenters. The second-order valence-electron chi connectivity index (χ2n) is 8.61. The molecule has 0 aliphatic heterocycles. The van der Waals surface area contributed by atoms with Crippen LogP contribution in [-0.2, 0) is 0 Å². The zero-order valence-electron chi connectivity index (χ0n) is 17.2. The Labute approximate surface area is 187 Å². The van der Waals surface area contributed by atoms with Crippen LogP contribution in [0.1, 0.15) is 0 Å². The lowest BCUT2D eigenvalue weighted by Crippen LogP contribution is -1.91. The normalized spacial score (nSPS) is 12.4. The van der Waals surface area contributed by atoms with E-state index < -0.39 is 0 Å². The van der Waals surface area contributed by atoms with Crippen molar-refractivity contribution >= 4 is 80.2 Å². The second kappa shape index (κ2) is 5.87. The molecule has 8 aromatic rings. The van der Waals surface area contributed by atoms with E-state index in [1.165, 1.54) is 68.9 Å². The van der Waals surface area contributed by atoms with Crippen LogP contribution in [0.2, 0.25) is 0 Å². The smallest absolute Gasteiger partial charge is 0.0613 e. The van der Waals surface area contributed by atoms with Crippen molar-refractivity contribution in [1.29, 1.82) is 0 Å². The predicted octanol–water partition coefficient (Wildman–Crippen LogP) is 8.92. The first-order valence-corrected chi connectivity index (χ1v) is 11.8. The molecule has 32 heavy (non-hydrogen) atoms. The van der Waals surface area contributed by atoms with Gasteiger partial charge in [0.25, 0.3) is 0 Å². The van der Waals surface area contributed by atoms with Gasteiger partial charge in [-0.2, -0.15) is 0 Å². The molecule has 3 heterocycles. The van der Waals surface area contributed by atoms with Gasteiger partial charge in [-0.05, 0) is 29.0 Å². The van der Waals surface area contributed by atoms with Crippen molar-refractivity contribution in [3.05, 3.63) is 103 Å². The summed E-state index contributed by atoms with van der Waals surface area (Å²) in [5.74, 6) is 0.